The molecule has 2 N–H and O–H groups in total. The van der Waals surface area contributed by atoms with Crippen LogP contribution in [0.3, 0.4) is 0 Å². The lowest BCUT2D eigenvalue weighted by Crippen LogP contribution is -2.46. The van der Waals surface area contributed by atoms with Crippen molar-refractivity contribution < 1.29 is 9.84 Å². The summed E-state index contributed by atoms with van der Waals surface area (Å²) in [5, 5.41) is 13.2. The van der Waals surface area contributed by atoms with Crippen LogP contribution < -0.4 is 10.1 Å². The van der Waals surface area contributed by atoms with Crippen LogP contribution in [0.25, 0.3) is 0 Å². The zero-order valence-corrected chi connectivity index (χ0v) is 15.2. The monoisotopic (exact) mass is 350 g/mol. The van der Waals surface area contributed by atoms with Crippen molar-refractivity contribution in [1.29, 1.82) is 0 Å². The second-order valence-corrected chi connectivity index (χ2v) is 5.55. The number of nitrogens with one attached hydrogen (secondary N) is 1. The summed E-state index contributed by atoms with van der Waals surface area (Å²) in [7, 11) is 1.60. The van der Waals surface area contributed by atoms with Crippen molar-refractivity contribution in [1.82, 2.24) is 10.2 Å². The Morgan fingerprint density at radius 1 is 1.27 bits per heavy atom. The van der Waals surface area contributed by atoms with Crippen LogP contribution >= 0.6 is 24.8 Å². The van der Waals surface area contributed by atoms with Gasteiger partial charge in [0.15, 0.2) is 11.5 Å². The van der Waals surface area contributed by atoms with Crippen LogP contribution in [0.4, 0.5) is 0 Å². The highest BCUT2D eigenvalue weighted by Gasteiger charge is 2.27. The smallest absolute Gasteiger partial charge is 0.160 e. The van der Waals surface area contributed by atoms with Gasteiger partial charge in [0.1, 0.15) is 0 Å². The molecule has 0 amide bonds. The summed E-state index contributed by atoms with van der Waals surface area (Å²) in [5.41, 5.74) is 1.23. The van der Waals surface area contributed by atoms with Gasteiger partial charge in [-0.3, -0.25) is 4.90 Å². The molecule has 1 aromatic rings. The molecular weight excluding hydrogens is 323 g/mol. The molecule has 1 aromatic carbocycles. The van der Waals surface area contributed by atoms with Crippen molar-refractivity contribution in [2.45, 2.75) is 26.3 Å². The largest absolute Gasteiger partial charge is 0.504 e. The molecule has 0 spiro atoms. The molecule has 1 aliphatic rings. The molecule has 128 valence electrons. The number of phenols is 1. The number of piperazine rings is 1. The normalized spacial score (nSPS) is 17.8. The average Bonchev–Trinajstić information content (AvgIpc) is 2.50. The lowest BCUT2D eigenvalue weighted by Gasteiger charge is -2.38. The minimum absolute atomic E-state index is 0. The van der Waals surface area contributed by atoms with Crippen LogP contribution in [0.2, 0.25) is 0 Å². The van der Waals surface area contributed by atoms with E-state index in [1.54, 1.807) is 13.2 Å². The topological polar surface area (TPSA) is 44.7 Å². The van der Waals surface area contributed by atoms with Crippen molar-refractivity contribution in [2.24, 2.45) is 5.92 Å². The minimum Gasteiger partial charge on any atom is -0.504 e. The van der Waals surface area contributed by atoms with Gasteiger partial charge in [-0.05, 0) is 23.6 Å². The number of benzene rings is 1. The molecule has 2 rings (SSSR count). The molecule has 4 nitrogen and oxygen atoms in total. The van der Waals surface area contributed by atoms with E-state index in [-0.39, 0.29) is 30.6 Å². The average molecular weight is 351 g/mol. The molecule has 0 aromatic heterocycles. The quantitative estimate of drug-likeness (QED) is 0.855. The van der Waals surface area contributed by atoms with Gasteiger partial charge in [0.05, 0.1) is 7.11 Å². The van der Waals surface area contributed by atoms with Gasteiger partial charge in [0, 0.05) is 32.2 Å². The second kappa shape index (κ2) is 10.2. The summed E-state index contributed by atoms with van der Waals surface area (Å²) in [5.74, 6) is 1.34. The van der Waals surface area contributed by atoms with Crippen LogP contribution in [-0.2, 0) is 0 Å². The van der Waals surface area contributed by atoms with Crippen molar-refractivity contribution in [3.05, 3.63) is 23.8 Å². The van der Waals surface area contributed by atoms with Gasteiger partial charge in [-0.15, -0.1) is 24.8 Å². The van der Waals surface area contributed by atoms with E-state index in [2.05, 4.69) is 24.1 Å². The first-order valence-corrected chi connectivity index (χ1v) is 7.49. The van der Waals surface area contributed by atoms with E-state index in [1.165, 1.54) is 5.56 Å². The Morgan fingerprint density at radius 3 is 2.45 bits per heavy atom. The van der Waals surface area contributed by atoms with E-state index in [9.17, 15) is 5.11 Å². The lowest BCUT2D eigenvalue weighted by atomic mass is 9.90. The molecule has 0 bridgehead atoms. The molecule has 1 fully saturated rings. The fraction of sp³-hybridized carbons (Fsp3) is 0.625. The number of ether oxygens (including phenoxy) is 1. The van der Waals surface area contributed by atoms with Crippen molar-refractivity contribution in [3.8, 4) is 11.5 Å². The van der Waals surface area contributed by atoms with Crippen molar-refractivity contribution in [3.63, 3.8) is 0 Å². The van der Waals surface area contributed by atoms with Gasteiger partial charge in [0.25, 0.3) is 0 Å². The highest BCUT2D eigenvalue weighted by atomic mass is 35.5. The van der Waals surface area contributed by atoms with E-state index < -0.39 is 0 Å². The van der Waals surface area contributed by atoms with E-state index >= 15 is 0 Å². The molecular formula is C16H28Cl2N2O2. The van der Waals surface area contributed by atoms with Gasteiger partial charge in [-0.25, -0.2) is 0 Å². The highest BCUT2D eigenvalue weighted by Crippen LogP contribution is 2.35. The zero-order chi connectivity index (χ0) is 14.5. The maximum Gasteiger partial charge on any atom is 0.160 e. The van der Waals surface area contributed by atoms with E-state index in [1.807, 2.05) is 12.1 Å². The number of phenolic OH excluding ortho intramolecular Hbond substituents is 1. The summed E-state index contributed by atoms with van der Waals surface area (Å²) in [6.45, 7) is 8.75. The van der Waals surface area contributed by atoms with Gasteiger partial charge in [0.2, 0.25) is 0 Å². The summed E-state index contributed by atoms with van der Waals surface area (Å²) in [4.78, 5) is 2.54. The molecule has 1 aliphatic heterocycles. The minimum atomic E-state index is 0. The van der Waals surface area contributed by atoms with E-state index in [4.69, 9.17) is 4.74 Å². The third kappa shape index (κ3) is 4.92. The van der Waals surface area contributed by atoms with Crippen LogP contribution in [-0.4, -0.2) is 43.3 Å². The molecule has 2 atom stereocenters. The predicted molar refractivity (Wildman–Crippen MR) is 95.8 cm³/mol. The summed E-state index contributed by atoms with van der Waals surface area (Å²) in [6.07, 6.45) is 1.14. The van der Waals surface area contributed by atoms with Gasteiger partial charge in [-0.2, -0.15) is 0 Å². The molecule has 0 saturated carbocycles. The standard InChI is InChI=1S/C16H26N2O2.2ClH/c1-4-12(2)16(18-9-7-17-8-10-18)13-5-6-14(19)15(11-13)20-3;;/h5-6,11-12,16-17,19H,4,7-10H2,1-3H3;2*1H/t12?,16-;;/m1../s1. The Bertz CT molecular complexity index is 440. The lowest BCUT2D eigenvalue weighted by molar-refractivity contribution is 0.128. The van der Waals surface area contributed by atoms with E-state index in [0.717, 1.165) is 32.6 Å². The third-order valence-electron chi connectivity index (χ3n) is 4.27. The highest BCUT2D eigenvalue weighted by molar-refractivity contribution is 5.85. The number of nitrogens with zero attached hydrogens (tertiary/aromatic N) is 1. The first kappa shape index (κ1) is 21.3. The maximum absolute atomic E-state index is 9.77. The molecule has 1 unspecified atom stereocenters. The number of rotatable bonds is 5. The van der Waals surface area contributed by atoms with Gasteiger partial charge >= 0.3 is 0 Å². The van der Waals surface area contributed by atoms with Crippen LogP contribution in [0, 0.1) is 5.92 Å². The number of methoxy groups -OCH3 is 1. The first-order chi connectivity index (χ1) is 9.67. The Labute approximate surface area is 146 Å². The fourth-order valence-corrected chi connectivity index (χ4v) is 2.96. The second-order valence-electron chi connectivity index (χ2n) is 5.55. The Hall–Kier alpha value is -0.680. The Balaban J connectivity index is 0.00000220. The molecule has 0 aliphatic carbocycles. The number of hydrogen-bond donors (Lipinski definition) is 2. The molecule has 6 heteroatoms. The Kier molecular flexibility index (Phi) is 9.85. The molecule has 22 heavy (non-hydrogen) atoms. The fourth-order valence-electron chi connectivity index (χ4n) is 2.96. The van der Waals surface area contributed by atoms with Gasteiger partial charge in [-0.1, -0.05) is 26.3 Å². The zero-order valence-electron chi connectivity index (χ0n) is 13.5. The van der Waals surface area contributed by atoms with Gasteiger partial charge < -0.3 is 15.2 Å². The van der Waals surface area contributed by atoms with Crippen molar-refractivity contribution >= 4 is 24.8 Å². The summed E-state index contributed by atoms with van der Waals surface area (Å²) >= 11 is 0. The number of aromatic hydroxyl groups is 1. The van der Waals surface area contributed by atoms with E-state index in [0.29, 0.717) is 17.7 Å². The first-order valence-electron chi connectivity index (χ1n) is 7.49. The third-order valence-corrected chi connectivity index (χ3v) is 4.27. The van der Waals surface area contributed by atoms with Crippen molar-refractivity contribution in [2.75, 3.05) is 33.3 Å². The van der Waals surface area contributed by atoms with Crippen LogP contribution in [0.15, 0.2) is 18.2 Å². The Morgan fingerprint density at radius 2 is 1.91 bits per heavy atom. The summed E-state index contributed by atoms with van der Waals surface area (Å²) < 4.78 is 5.26. The molecule has 1 saturated heterocycles. The number of hydrogen-bond acceptors (Lipinski definition) is 4. The van der Waals surface area contributed by atoms with Crippen LogP contribution in [0.1, 0.15) is 31.9 Å². The molecule has 1 heterocycles. The molecule has 0 radical (unpaired) electrons. The summed E-state index contributed by atoms with van der Waals surface area (Å²) in [6, 6.07) is 6.13. The van der Waals surface area contributed by atoms with Crippen LogP contribution in [0.5, 0.6) is 11.5 Å². The SMILES string of the molecule is CCC(C)[C@H](c1ccc(O)c(OC)c1)N1CCNCC1.Cl.Cl. The predicted octanol–water partition coefficient (Wildman–Crippen LogP) is 3.24. The number of halogens is 2. The maximum atomic E-state index is 9.77.